The van der Waals surface area contributed by atoms with Crippen LogP contribution < -0.4 is 10.6 Å². The third kappa shape index (κ3) is 7.58. The molecule has 0 radical (unpaired) electrons. The Kier molecular flexibility index (Phi) is 10.5. The van der Waals surface area contributed by atoms with Crippen molar-refractivity contribution >= 4 is 11.8 Å². The molecule has 0 aromatic rings. The van der Waals surface area contributed by atoms with Crippen LogP contribution in [0.1, 0.15) is 91.9 Å². The van der Waals surface area contributed by atoms with E-state index in [1.807, 2.05) is 0 Å². The summed E-state index contributed by atoms with van der Waals surface area (Å²) < 4.78 is 0. The smallest absolute Gasteiger partial charge is 0.242 e. The van der Waals surface area contributed by atoms with Gasteiger partial charge in [0.25, 0.3) is 0 Å². The summed E-state index contributed by atoms with van der Waals surface area (Å²) in [5, 5.41) is 6.20. The second-order valence-corrected chi connectivity index (χ2v) is 9.57. The van der Waals surface area contributed by atoms with Gasteiger partial charge in [-0.1, -0.05) is 40.5 Å². The lowest BCUT2D eigenvalue weighted by atomic mass is 9.82. The van der Waals surface area contributed by atoms with Crippen LogP contribution >= 0.6 is 0 Å². The normalized spacial score (nSPS) is 27.8. The van der Waals surface area contributed by atoms with Gasteiger partial charge in [0.15, 0.2) is 0 Å². The van der Waals surface area contributed by atoms with Gasteiger partial charge in [-0.2, -0.15) is 0 Å². The van der Waals surface area contributed by atoms with Crippen molar-refractivity contribution in [2.75, 3.05) is 19.6 Å². The summed E-state index contributed by atoms with van der Waals surface area (Å²) in [5.74, 6) is 1.02. The minimum absolute atomic E-state index is 0.0115. The van der Waals surface area contributed by atoms with Gasteiger partial charge in [0.1, 0.15) is 6.04 Å². The number of hydrogen-bond acceptors (Lipinski definition) is 3. The Hall–Kier alpha value is -1.10. The highest BCUT2D eigenvalue weighted by Crippen LogP contribution is 2.28. The van der Waals surface area contributed by atoms with Gasteiger partial charge in [-0.3, -0.25) is 9.59 Å². The molecule has 1 aliphatic heterocycles. The van der Waals surface area contributed by atoms with Crippen LogP contribution in [0.5, 0.6) is 0 Å². The SMILES string of the molecule is CC[C@@H]1CCCCN1CCCNC(=O)[C@@H](NC(=O)C1CCC(C)CC1)[C@@H](C)CC. The van der Waals surface area contributed by atoms with Crippen LogP contribution in [0.25, 0.3) is 0 Å². The molecule has 2 N–H and O–H groups in total. The van der Waals surface area contributed by atoms with Crippen molar-refractivity contribution in [1.82, 2.24) is 15.5 Å². The summed E-state index contributed by atoms with van der Waals surface area (Å²) in [7, 11) is 0. The van der Waals surface area contributed by atoms with E-state index in [1.54, 1.807) is 0 Å². The zero-order valence-electron chi connectivity index (χ0n) is 19.3. The van der Waals surface area contributed by atoms with Crippen molar-refractivity contribution in [1.29, 1.82) is 0 Å². The fourth-order valence-corrected chi connectivity index (χ4v) is 4.92. The molecular formula is C24H45N3O2. The molecular weight excluding hydrogens is 362 g/mol. The highest BCUT2D eigenvalue weighted by molar-refractivity contribution is 5.88. The van der Waals surface area contributed by atoms with Crippen LogP contribution in [0.2, 0.25) is 0 Å². The van der Waals surface area contributed by atoms with E-state index in [0.717, 1.165) is 51.0 Å². The Morgan fingerprint density at radius 3 is 2.45 bits per heavy atom. The maximum absolute atomic E-state index is 12.8. The van der Waals surface area contributed by atoms with E-state index >= 15 is 0 Å². The summed E-state index contributed by atoms with van der Waals surface area (Å²) >= 11 is 0. The molecule has 1 saturated carbocycles. The van der Waals surface area contributed by atoms with E-state index in [4.69, 9.17) is 0 Å². The van der Waals surface area contributed by atoms with Crippen LogP contribution in [0, 0.1) is 17.8 Å². The summed E-state index contributed by atoms with van der Waals surface area (Å²) in [6.45, 7) is 11.6. The summed E-state index contributed by atoms with van der Waals surface area (Å²) in [4.78, 5) is 28.2. The number of nitrogens with zero attached hydrogens (tertiary/aromatic N) is 1. The van der Waals surface area contributed by atoms with E-state index in [0.29, 0.717) is 12.6 Å². The van der Waals surface area contributed by atoms with Crippen molar-refractivity contribution in [2.24, 2.45) is 17.8 Å². The minimum atomic E-state index is -0.412. The molecule has 5 nitrogen and oxygen atoms in total. The third-order valence-corrected chi connectivity index (χ3v) is 7.32. The van der Waals surface area contributed by atoms with Gasteiger partial charge < -0.3 is 15.5 Å². The monoisotopic (exact) mass is 407 g/mol. The van der Waals surface area contributed by atoms with Crippen LogP contribution in [-0.2, 0) is 9.59 Å². The lowest BCUT2D eigenvalue weighted by Crippen LogP contribution is -2.52. The number of rotatable bonds is 10. The molecule has 0 bridgehead atoms. The maximum Gasteiger partial charge on any atom is 0.242 e. The molecule has 1 saturated heterocycles. The molecule has 0 spiro atoms. The van der Waals surface area contributed by atoms with E-state index in [9.17, 15) is 9.59 Å². The minimum Gasteiger partial charge on any atom is -0.354 e. The average molecular weight is 408 g/mol. The number of nitrogens with one attached hydrogen (secondary N) is 2. The van der Waals surface area contributed by atoms with Gasteiger partial charge in [0.2, 0.25) is 11.8 Å². The zero-order chi connectivity index (χ0) is 21.2. The largest absolute Gasteiger partial charge is 0.354 e. The lowest BCUT2D eigenvalue weighted by molar-refractivity contribution is -0.133. The van der Waals surface area contributed by atoms with Crippen LogP contribution in [-0.4, -0.2) is 48.4 Å². The maximum atomic E-state index is 12.8. The topological polar surface area (TPSA) is 61.4 Å². The standard InChI is InChI=1S/C24H45N3O2/c1-5-19(4)22(26-23(28)20-13-11-18(3)12-14-20)24(29)25-15-9-17-27-16-8-7-10-21(27)6-2/h18-22H,5-17H2,1-4H3,(H,25,29)(H,26,28)/t18?,19-,20?,21+,22-/m0/s1. The van der Waals surface area contributed by atoms with Gasteiger partial charge >= 0.3 is 0 Å². The molecule has 168 valence electrons. The molecule has 0 unspecified atom stereocenters. The van der Waals surface area contributed by atoms with E-state index in [1.165, 1.54) is 32.2 Å². The number of carbonyl (C=O) groups excluding carboxylic acids is 2. The number of carbonyl (C=O) groups is 2. The molecule has 1 heterocycles. The Morgan fingerprint density at radius 1 is 1.07 bits per heavy atom. The van der Waals surface area contributed by atoms with E-state index < -0.39 is 6.04 Å². The molecule has 1 aliphatic carbocycles. The Morgan fingerprint density at radius 2 is 1.79 bits per heavy atom. The van der Waals surface area contributed by atoms with Gasteiger partial charge in [-0.15, -0.1) is 0 Å². The second-order valence-electron chi connectivity index (χ2n) is 9.57. The molecule has 2 amide bonds. The quantitative estimate of drug-likeness (QED) is 0.536. The number of piperidine rings is 1. The second kappa shape index (κ2) is 12.6. The van der Waals surface area contributed by atoms with Crippen LogP contribution in [0.4, 0.5) is 0 Å². The van der Waals surface area contributed by atoms with E-state index in [2.05, 4.69) is 43.2 Å². The van der Waals surface area contributed by atoms with Crippen molar-refractivity contribution < 1.29 is 9.59 Å². The number of amides is 2. The summed E-state index contributed by atoms with van der Waals surface area (Å²) in [5.41, 5.74) is 0. The Bertz CT molecular complexity index is 502. The van der Waals surface area contributed by atoms with Crippen molar-refractivity contribution in [3.05, 3.63) is 0 Å². The first kappa shape index (κ1) is 24.2. The predicted molar refractivity (Wildman–Crippen MR) is 120 cm³/mol. The molecule has 2 rings (SSSR count). The molecule has 29 heavy (non-hydrogen) atoms. The first-order valence-electron chi connectivity index (χ1n) is 12.3. The molecule has 5 heteroatoms. The zero-order valence-corrected chi connectivity index (χ0v) is 19.3. The van der Waals surface area contributed by atoms with Gasteiger partial charge in [0.05, 0.1) is 0 Å². The molecule has 0 aromatic carbocycles. The van der Waals surface area contributed by atoms with Gasteiger partial charge in [-0.05, 0) is 69.7 Å². The highest BCUT2D eigenvalue weighted by Gasteiger charge is 2.30. The van der Waals surface area contributed by atoms with Crippen molar-refractivity contribution in [2.45, 2.75) is 104 Å². The number of likely N-dealkylation sites (tertiary alicyclic amines) is 1. The highest BCUT2D eigenvalue weighted by atomic mass is 16.2. The van der Waals surface area contributed by atoms with Gasteiger partial charge in [-0.25, -0.2) is 0 Å². The average Bonchev–Trinajstić information content (AvgIpc) is 2.74. The first-order chi connectivity index (χ1) is 14.0. The fourth-order valence-electron chi connectivity index (χ4n) is 4.92. The number of hydrogen-bond donors (Lipinski definition) is 2. The van der Waals surface area contributed by atoms with Crippen LogP contribution in [0.15, 0.2) is 0 Å². The lowest BCUT2D eigenvalue weighted by Gasteiger charge is -2.35. The third-order valence-electron chi connectivity index (χ3n) is 7.32. The summed E-state index contributed by atoms with van der Waals surface area (Å²) in [6, 6.07) is 0.301. The molecule has 0 aromatic heterocycles. The Labute approximate surface area is 178 Å². The van der Waals surface area contributed by atoms with E-state index in [-0.39, 0.29) is 23.7 Å². The first-order valence-corrected chi connectivity index (χ1v) is 12.3. The molecule has 2 aliphatic rings. The Balaban J connectivity index is 1.78. The van der Waals surface area contributed by atoms with Gasteiger partial charge in [0, 0.05) is 25.0 Å². The fraction of sp³-hybridized carbons (Fsp3) is 0.917. The van der Waals surface area contributed by atoms with Crippen molar-refractivity contribution in [3.63, 3.8) is 0 Å². The molecule has 2 fully saturated rings. The summed E-state index contributed by atoms with van der Waals surface area (Å²) in [6.07, 6.45) is 11.2. The molecule has 3 atom stereocenters. The predicted octanol–water partition coefficient (Wildman–Crippen LogP) is 4.11. The van der Waals surface area contributed by atoms with Crippen molar-refractivity contribution in [3.8, 4) is 0 Å². The van der Waals surface area contributed by atoms with Crippen LogP contribution in [0.3, 0.4) is 0 Å².